The lowest BCUT2D eigenvalue weighted by atomic mass is 9.97. The Bertz CT molecular complexity index is 4700. The van der Waals surface area contributed by atoms with E-state index >= 15 is 52.7 Å². The summed E-state index contributed by atoms with van der Waals surface area (Å²) in [4.78, 5) is 272. The van der Waals surface area contributed by atoms with Crippen molar-refractivity contribution in [2.75, 3.05) is 73.8 Å². The van der Waals surface area contributed by atoms with E-state index < -0.39 is 305 Å². The highest BCUT2D eigenvalue weighted by molar-refractivity contribution is 8.77. The molecule has 4 saturated heterocycles. The Labute approximate surface area is 839 Å². The number of hydrogen-bond donors (Lipinski definition) is 32. The second kappa shape index (κ2) is 60.9. The number of carbonyl (C=O) groups is 18. The van der Waals surface area contributed by atoms with Crippen molar-refractivity contribution in [2.45, 2.75) is 228 Å². The zero-order chi connectivity index (χ0) is 104. The van der Waals surface area contributed by atoms with E-state index in [4.69, 9.17) is 44.6 Å². The van der Waals surface area contributed by atoms with Gasteiger partial charge in [0.1, 0.15) is 102 Å². The average molecular weight is 2090 g/mol. The van der Waals surface area contributed by atoms with E-state index in [1.165, 1.54) is 24.3 Å². The molecule has 4 fully saturated rings. The molecule has 50 nitrogen and oxygen atoms in total. The van der Waals surface area contributed by atoms with E-state index in [1.807, 2.05) is 0 Å². The van der Waals surface area contributed by atoms with Gasteiger partial charge in [-0.3, -0.25) is 108 Å². The first kappa shape index (κ1) is 118. The van der Waals surface area contributed by atoms with Gasteiger partial charge in [0.15, 0.2) is 23.8 Å². The summed E-state index contributed by atoms with van der Waals surface area (Å²) in [6.45, 7) is 8.98. The lowest BCUT2D eigenvalue weighted by Crippen LogP contribution is -2.63. The molecular formula is C85H134N30O20S6. The fraction of sp³-hybridized carbons (Fsp3) is 0.600. The molecule has 780 valence electrons. The average Bonchev–Trinajstić information content (AvgIpc) is 0.842. The van der Waals surface area contributed by atoms with Crippen LogP contribution in [0.25, 0.3) is 0 Å². The van der Waals surface area contributed by atoms with Gasteiger partial charge in [0.05, 0.1) is 19.2 Å². The standard InChI is InChI=1S/C85H134N30O20S6/c1-8-43(6)64-80(134)112-60-40-141-137-36-56(109-71(125)53(31-45-16-10-9-11-17-45)100-61(118)33-98-67(121)49(19-13-27-95-83(88)89)104-81(135)65(44(7)116)115-78(60)132)74(128)103-51(21-15-29-97-85(92)93)69(123)107-57-37-138-140-39-59(77(131)114-64)110-72(126)54(32-46-22-24-47(117)25-23-46)106-76(130)58-38-139-136-35-55(108-70(124)52(30-41(2)3)105-75(57)129)73(127)102-50(20-14-28-96-84(90)91)68(122)101-48(18-12-26-94-82(86)87)66(120)99-34-62(119)113-63(42(4)5)79(133)111-58/h9-11,16-17,22-25,41-44,48-60,63-65,116-117H,8,12-15,18-21,26-40H2,1-7H3,(H,98,121)(H,99,120)(H,100,118)(H,101,122)(H,102,127)(H,103,128)(H,104,135)(H,105,129)(H,106,130)(H,107,123)(H,108,124)(H,109,125)(H,110,126)(H,111,133)(H,112,134)(H,113,119)(H,114,131)(H,115,132)(H4,86,87,94)(H4,88,89,95)(H4,90,91,96)(H4,92,93,97)/t43-,44+,48-,49-,50-,51-,52-,53-,54-,55-,56-,57-,58-,59-,60-,63-,64-,65-/m0/s1. The van der Waals surface area contributed by atoms with Crippen LogP contribution in [0.4, 0.5) is 0 Å². The maximum absolute atomic E-state index is 15.7. The maximum atomic E-state index is 15.7. The number of amides is 18. The van der Waals surface area contributed by atoms with Gasteiger partial charge in [-0.25, -0.2) is 0 Å². The van der Waals surface area contributed by atoms with Gasteiger partial charge in [0, 0.05) is 73.5 Å². The lowest BCUT2D eigenvalue weighted by Gasteiger charge is -2.30. The molecule has 36 N–H and O–H groups in total. The number of aliphatic hydroxyl groups is 1. The third kappa shape index (κ3) is 42.3. The number of phenols is 1. The van der Waals surface area contributed by atoms with Crippen LogP contribution >= 0.6 is 64.8 Å². The Morgan fingerprint density at radius 2 is 0.624 bits per heavy atom. The molecule has 0 aliphatic carbocycles. The Kier molecular flexibility index (Phi) is 50.7. The van der Waals surface area contributed by atoms with Gasteiger partial charge in [0.25, 0.3) is 0 Å². The topological polar surface area (TPSA) is 812 Å². The number of aromatic hydroxyl groups is 1. The van der Waals surface area contributed by atoms with E-state index in [1.54, 1.807) is 71.9 Å². The summed E-state index contributed by atoms with van der Waals surface area (Å²) in [6.07, 6.45) is -3.60. The Morgan fingerprint density at radius 3 is 0.986 bits per heavy atom. The van der Waals surface area contributed by atoms with Gasteiger partial charge < -0.3 is 150 Å². The number of phenolic OH excluding ortho intramolecular Hbond substituents is 1. The van der Waals surface area contributed by atoms with Gasteiger partial charge in [-0.05, 0) is 106 Å². The third-order valence-electron chi connectivity index (χ3n) is 22.2. The number of aliphatic hydroxyl groups excluding tert-OH is 1. The number of benzene rings is 2. The lowest BCUT2D eigenvalue weighted by molar-refractivity contribution is -0.137. The second-order valence-corrected chi connectivity index (χ2v) is 42.2. The van der Waals surface area contributed by atoms with Gasteiger partial charge in [-0.15, -0.1) is 0 Å². The van der Waals surface area contributed by atoms with Crippen molar-refractivity contribution in [1.82, 2.24) is 117 Å². The second-order valence-electron chi connectivity index (χ2n) is 34.5. The number of fused-ring (bicyclic) bond motifs is 15. The van der Waals surface area contributed by atoms with Crippen LogP contribution in [0.1, 0.15) is 124 Å². The Balaban J connectivity index is 1.64. The quantitative estimate of drug-likeness (QED) is 0.0180. The minimum Gasteiger partial charge on any atom is -0.508 e. The highest BCUT2D eigenvalue weighted by Gasteiger charge is 2.42. The summed E-state index contributed by atoms with van der Waals surface area (Å²) in [6, 6.07) is -13.6. The monoisotopic (exact) mass is 2090 g/mol. The molecule has 0 saturated carbocycles. The molecule has 56 heteroatoms. The van der Waals surface area contributed by atoms with Crippen molar-refractivity contribution in [3.8, 4) is 5.75 Å². The normalized spacial score (nSPS) is 26.0. The summed E-state index contributed by atoms with van der Waals surface area (Å²) >= 11 is 0. The summed E-state index contributed by atoms with van der Waals surface area (Å²) in [5.74, 6) is -26.2. The van der Waals surface area contributed by atoms with Crippen molar-refractivity contribution >= 4 is 195 Å². The van der Waals surface area contributed by atoms with Gasteiger partial charge in [0.2, 0.25) is 106 Å². The first-order valence-corrected chi connectivity index (χ1v) is 53.3. The van der Waals surface area contributed by atoms with E-state index in [9.17, 15) is 43.8 Å². The van der Waals surface area contributed by atoms with E-state index in [0.717, 1.165) is 71.7 Å². The van der Waals surface area contributed by atoms with E-state index in [2.05, 4.69) is 117 Å². The fourth-order valence-electron chi connectivity index (χ4n) is 14.3. The maximum Gasteiger partial charge on any atom is 0.245 e. The first-order chi connectivity index (χ1) is 66.9. The molecule has 18 amide bonds. The number of nitrogens with two attached hydrogens (primary N) is 4. The predicted molar refractivity (Wildman–Crippen MR) is 536 cm³/mol. The summed E-state index contributed by atoms with van der Waals surface area (Å²) in [5, 5.41) is 111. The molecule has 6 bridgehead atoms. The zero-order valence-electron chi connectivity index (χ0n) is 79.2. The SMILES string of the molecule is CC[C@H](C)[C@@H]1NC(=O)[C@@H]2CSSC[C@H](NC(=O)[C@H](CCCNC(=N)N)NC(=O)[C@@H]3CSSC[C@H](NC1=O)C(=O)N[C@@H]([C@@H](C)O)C(=O)N[C@@H](CCCNC(=N)N)C(=O)NCC(=O)N[C@@H](Cc1ccccc1)C(=O)N3)C(=O)N[C@@H](CC(C)C)C(=O)N[C@H]1CSSC[C@H](NC(=O)[C@H](C(C)C)NC(=O)CNC(=O)[C@H](CCCNC(=N)N)NC(=O)[C@H](CCCNC(=N)N)NC1=O)C(=O)N[C@@H](Cc1ccc(O)cc1)C(=O)N2. The molecule has 141 heavy (non-hydrogen) atoms. The molecule has 2 aromatic carbocycles. The molecule has 0 unspecified atom stereocenters. The number of rotatable bonds is 26. The van der Waals surface area contributed by atoms with Crippen molar-refractivity contribution in [1.29, 1.82) is 21.6 Å². The molecule has 6 rings (SSSR count). The van der Waals surface area contributed by atoms with Crippen LogP contribution in [0.2, 0.25) is 0 Å². The predicted octanol–water partition coefficient (Wildman–Crippen LogP) is -7.45. The largest absolute Gasteiger partial charge is 0.508 e. The number of nitrogens with one attached hydrogen (secondary N) is 26. The van der Waals surface area contributed by atoms with Crippen LogP contribution in [0.15, 0.2) is 54.6 Å². The molecular weight excluding hydrogens is 1950 g/mol. The molecule has 2 aromatic rings. The summed E-state index contributed by atoms with van der Waals surface area (Å²) in [7, 11) is 4.84. The minimum atomic E-state index is -1.94. The van der Waals surface area contributed by atoms with E-state index in [-0.39, 0.29) is 108 Å². The number of guanidine groups is 4. The molecule has 18 atom stereocenters. The van der Waals surface area contributed by atoms with Crippen molar-refractivity contribution < 1.29 is 96.5 Å². The van der Waals surface area contributed by atoms with Crippen molar-refractivity contribution in [3.63, 3.8) is 0 Å². The smallest absolute Gasteiger partial charge is 0.245 e. The highest BCUT2D eigenvalue weighted by atomic mass is 33.1. The molecule has 4 aliphatic rings. The van der Waals surface area contributed by atoms with E-state index in [0.29, 0.717) is 5.56 Å². The van der Waals surface area contributed by atoms with Gasteiger partial charge >= 0.3 is 0 Å². The van der Waals surface area contributed by atoms with Crippen LogP contribution in [-0.4, -0.2) is 317 Å². The first-order valence-electron chi connectivity index (χ1n) is 45.8. The summed E-state index contributed by atoms with van der Waals surface area (Å²) < 4.78 is 0. The molecule has 0 radical (unpaired) electrons. The Hall–Kier alpha value is -12.2. The third-order valence-corrected chi connectivity index (χ3v) is 29.4. The fourth-order valence-corrected chi connectivity index (χ4v) is 21.2. The highest BCUT2D eigenvalue weighted by Crippen LogP contribution is 2.29. The molecule has 0 aromatic heterocycles. The summed E-state index contributed by atoms with van der Waals surface area (Å²) in [5.41, 5.74) is 23.1. The van der Waals surface area contributed by atoms with Crippen molar-refractivity contribution in [2.24, 2.45) is 40.7 Å². The minimum absolute atomic E-state index is 0.00649. The molecule has 4 heterocycles. The molecule has 4 aliphatic heterocycles. The van der Waals surface area contributed by atoms with Gasteiger partial charge in [-0.2, -0.15) is 0 Å². The Morgan fingerprint density at radius 1 is 0.340 bits per heavy atom. The molecule has 0 spiro atoms. The van der Waals surface area contributed by atoms with Crippen molar-refractivity contribution in [3.05, 3.63) is 65.7 Å². The van der Waals surface area contributed by atoms with Crippen LogP contribution in [0.3, 0.4) is 0 Å². The number of carbonyl (C=O) groups excluding carboxylic acids is 18. The number of hydrogen-bond acceptors (Lipinski definition) is 30. The van der Waals surface area contributed by atoms with Crippen LogP contribution in [-0.2, 0) is 99.1 Å². The zero-order valence-corrected chi connectivity index (χ0v) is 84.1. The van der Waals surface area contributed by atoms with Crippen LogP contribution in [0, 0.1) is 39.4 Å². The van der Waals surface area contributed by atoms with Crippen LogP contribution in [0.5, 0.6) is 5.75 Å². The van der Waals surface area contributed by atoms with Crippen LogP contribution < -0.4 is 140 Å². The van der Waals surface area contributed by atoms with Gasteiger partial charge in [-0.1, -0.05) is 155 Å².